The van der Waals surface area contributed by atoms with E-state index in [9.17, 15) is 9.18 Å². The molecule has 0 unspecified atom stereocenters. The minimum Gasteiger partial charge on any atom is -0.496 e. The fraction of sp³-hybridized carbons (Fsp3) is 0.250. The molecule has 4 nitrogen and oxygen atoms in total. The van der Waals surface area contributed by atoms with E-state index >= 15 is 0 Å². The number of hydrogen-bond acceptors (Lipinski definition) is 4. The molecule has 0 radical (unpaired) electrons. The molecule has 3 rings (SSSR count). The van der Waals surface area contributed by atoms with Crippen molar-refractivity contribution in [3.63, 3.8) is 0 Å². The first-order chi connectivity index (χ1) is 10.6. The minimum atomic E-state index is -0.360. The number of thiophene rings is 1. The van der Waals surface area contributed by atoms with Gasteiger partial charge < -0.3 is 4.74 Å². The molecule has 0 saturated carbocycles. The number of methoxy groups -OCH3 is 1. The van der Waals surface area contributed by atoms with E-state index in [2.05, 4.69) is 4.98 Å². The van der Waals surface area contributed by atoms with Crippen LogP contribution in [0.1, 0.15) is 17.4 Å². The molecule has 0 spiro atoms. The number of nitrogens with zero attached hydrogens (tertiary/aromatic N) is 2. The maximum Gasteiger partial charge on any atom is 0.262 e. The first-order valence-electron chi connectivity index (χ1n) is 6.92. The van der Waals surface area contributed by atoms with Crippen molar-refractivity contribution in [3.05, 3.63) is 57.2 Å². The molecule has 0 aliphatic heterocycles. The number of halogens is 1. The molecule has 0 aliphatic carbocycles. The Labute approximate surface area is 130 Å². The van der Waals surface area contributed by atoms with Gasteiger partial charge in [-0.05, 0) is 30.7 Å². The molecule has 0 atom stereocenters. The zero-order chi connectivity index (χ0) is 15.7. The zero-order valence-electron chi connectivity index (χ0n) is 12.3. The highest BCUT2D eigenvalue weighted by molar-refractivity contribution is 7.18. The minimum absolute atomic E-state index is 0.118. The van der Waals surface area contributed by atoms with Crippen LogP contribution in [0.2, 0.25) is 0 Å². The predicted octanol–water partition coefficient (Wildman–Crippen LogP) is 3.22. The third-order valence-corrected chi connectivity index (χ3v) is 4.69. The first kappa shape index (κ1) is 14.7. The highest BCUT2D eigenvalue weighted by Crippen LogP contribution is 2.23. The van der Waals surface area contributed by atoms with E-state index in [-0.39, 0.29) is 17.9 Å². The largest absolute Gasteiger partial charge is 0.496 e. The van der Waals surface area contributed by atoms with Gasteiger partial charge in [0.1, 0.15) is 16.4 Å². The van der Waals surface area contributed by atoms with Gasteiger partial charge in [-0.25, -0.2) is 9.37 Å². The Morgan fingerprint density at radius 2 is 2.18 bits per heavy atom. The number of aromatic nitrogens is 2. The lowest BCUT2D eigenvalue weighted by molar-refractivity contribution is 0.406. The van der Waals surface area contributed by atoms with E-state index in [1.54, 1.807) is 6.07 Å². The van der Waals surface area contributed by atoms with Crippen LogP contribution in [0.3, 0.4) is 0 Å². The van der Waals surface area contributed by atoms with Crippen LogP contribution in [-0.4, -0.2) is 16.7 Å². The van der Waals surface area contributed by atoms with Crippen LogP contribution in [-0.2, 0) is 13.0 Å². The second-order valence-electron chi connectivity index (χ2n) is 4.92. The van der Waals surface area contributed by atoms with Crippen molar-refractivity contribution in [1.29, 1.82) is 0 Å². The molecule has 0 bridgehead atoms. The molecular formula is C16H15FN2O2S. The summed E-state index contributed by atoms with van der Waals surface area (Å²) in [4.78, 5) is 18.7. The predicted molar refractivity (Wildman–Crippen MR) is 85.3 cm³/mol. The summed E-state index contributed by atoms with van der Waals surface area (Å²) in [7, 11) is 1.52. The van der Waals surface area contributed by atoms with Crippen molar-refractivity contribution in [2.45, 2.75) is 19.9 Å². The molecule has 2 aromatic heterocycles. The summed E-state index contributed by atoms with van der Waals surface area (Å²) in [5, 5.41) is 0.611. The number of ether oxygens (including phenoxy) is 1. The van der Waals surface area contributed by atoms with Crippen molar-refractivity contribution in [2.75, 3.05) is 7.11 Å². The second kappa shape index (κ2) is 5.88. The topological polar surface area (TPSA) is 44.1 Å². The molecule has 1 aromatic carbocycles. The molecule has 114 valence electrons. The van der Waals surface area contributed by atoms with Gasteiger partial charge in [0.05, 0.1) is 25.4 Å². The van der Waals surface area contributed by atoms with E-state index in [1.807, 2.05) is 13.0 Å². The van der Waals surface area contributed by atoms with Gasteiger partial charge in [-0.1, -0.05) is 6.92 Å². The Bertz CT molecular complexity index is 885. The van der Waals surface area contributed by atoms with Gasteiger partial charge >= 0.3 is 0 Å². The van der Waals surface area contributed by atoms with E-state index in [0.29, 0.717) is 16.7 Å². The third-order valence-electron chi connectivity index (χ3n) is 3.50. The van der Waals surface area contributed by atoms with Crippen LogP contribution in [0, 0.1) is 5.82 Å². The van der Waals surface area contributed by atoms with Crippen molar-refractivity contribution < 1.29 is 9.13 Å². The number of hydrogen-bond donors (Lipinski definition) is 0. The molecule has 0 fully saturated rings. The Morgan fingerprint density at radius 3 is 2.91 bits per heavy atom. The lowest BCUT2D eigenvalue weighted by atomic mass is 10.2. The summed E-state index contributed by atoms with van der Waals surface area (Å²) in [5.74, 6) is 0.189. The van der Waals surface area contributed by atoms with Gasteiger partial charge in [0.25, 0.3) is 5.56 Å². The van der Waals surface area contributed by atoms with Gasteiger partial charge in [0, 0.05) is 10.4 Å². The second-order valence-corrected chi connectivity index (χ2v) is 6.03. The van der Waals surface area contributed by atoms with Gasteiger partial charge in [0.15, 0.2) is 0 Å². The fourth-order valence-corrected chi connectivity index (χ4v) is 3.28. The highest BCUT2D eigenvalue weighted by Gasteiger charge is 2.11. The SMILES string of the molecule is CCc1cc2c(=O)n(Cc3cc(F)ccc3OC)cnc2s1. The first-order valence-corrected chi connectivity index (χ1v) is 7.74. The Morgan fingerprint density at radius 1 is 1.36 bits per heavy atom. The van der Waals surface area contributed by atoms with Gasteiger partial charge in [-0.3, -0.25) is 9.36 Å². The Hall–Kier alpha value is -2.21. The number of aryl methyl sites for hydroxylation is 1. The molecule has 0 N–H and O–H groups in total. The average Bonchev–Trinajstić information content (AvgIpc) is 2.94. The lowest BCUT2D eigenvalue weighted by Gasteiger charge is -2.10. The van der Waals surface area contributed by atoms with Crippen molar-refractivity contribution in [3.8, 4) is 5.75 Å². The van der Waals surface area contributed by atoms with Crippen LogP contribution in [0.5, 0.6) is 5.75 Å². The number of fused-ring (bicyclic) bond motifs is 1. The van der Waals surface area contributed by atoms with E-state index in [0.717, 1.165) is 16.1 Å². The van der Waals surface area contributed by atoms with Crippen LogP contribution >= 0.6 is 11.3 Å². The maximum absolute atomic E-state index is 13.4. The summed E-state index contributed by atoms with van der Waals surface area (Å²) >= 11 is 1.53. The monoisotopic (exact) mass is 318 g/mol. The van der Waals surface area contributed by atoms with E-state index in [1.165, 1.54) is 41.5 Å². The lowest BCUT2D eigenvalue weighted by Crippen LogP contribution is -2.20. The average molecular weight is 318 g/mol. The smallest absolute Gasteiger partial charge is 0.262 e. The molecule has 6 heteroatoms. The molecule has 0 aliphatic rings. The molecule has 0 amide bonds. The van der Waals surface area contributed by atoms with Crippen LogP contribution < -0.4 is 10.3 Å². The molecule has 22 heavy (non-hydrogen) atoms. The molecule has 0 saturated heterocycles. The van der Waals surface area contributed by atoms with Crippen molar-refractivity contribution in [1.82, 2.24) is 9.55 Å². The summed E-state index contributed by atoms with van der Waals surface area (Å²) in [6, 6.07) is 6.15. The Kier molecular flexibility index (Phi) is 3.94. The normalized spacial score (nSPS) is 11.0. The van der Waals surface area contributed by atoms with Gasteiger partial charge in [-0.2, -0.15) is 0 Å². The summed E-state index contributed by atoms with van der Waals surface area (Å²) in [5.41, 5.74) is 0.490. The highest BCUT2D eigenvalue weighted by atomic mass is 32.1. The molecule has 2 heterocycles. The van der Waals surface area contributed by atoms with Crippen LogP contribution in [0.15, 0.2) is 35.4 Å². The molecule has 3 aromatic rings. The summed E-state index contributed by atoms with van der Waals surface area (Å²) in [6.07, 6.45) is 2.38. The Balaban J connectivity index is 2.06. The number of rotatable bonds is 4. The maximum atomic E-state index is 13.4. The fourth-order valence-electron chi connectivity index (χ4n) is 2.35. The van der Waals surface area contributed by atoms with Crippen molar-refractivity contribution in [2.24, 2.45) is 0 Å². The quantitative estimate of drug-likeness (QED) is 0.742. The van der Waals surface area contributed by atoms with Crippen LogP contribution in [0.25, 0.3) is 10.2 Å². The van der Waals surface area contributed by atoms with Crippen molar-refractivity contribution >= 4 is 21.6 Å². The van der Waals surface area contributed by atoms with E-state index in [4.69, 9.17) is 4.74 Å². The van der Waals surface area contributed by atoms with Gasteiger partial charge in [-0.15, -0.1) is 11.3 Å². The summed E-state index contributed by atoms with van der Waals surface area (Å²) < 4.78 is 20.1. The van der Waals surface area contributed by atoms with Gasteiger partial charge in [0.2, 0.25) is 0 Å². The zero-order valence-corrected chi connectivity index (χ0v) is 13.1. The van der Waals surface area contributed by atoms with E-state index < -0.39 is 0 Å². The van der Waals surface area contributed by atoms with Crippen LogP contribution in [0.4, 0.5) is 4.39 Å². The third kappa shape index (κ3) is 2.62. The number of benzene rings is 1. The molecular weight excluding hydrogens is 303 g/mol. The summed E-state index contributed by atoms with van der Waals surface area (Å²) in [6.45, 7) is 2.26. The standard InChI is InChI=1S/C16H15FN2O2S/c1-3-12-7-13-15(22-12)18-9-19(16(13)20)8-10-6-11(17)4-5-14(10)21-2/h4-7,9H,3,8H2,1-2H3.